The quantitative estimate of drug-likeness (QED) is 0.258. The lowest BCUT2D eigenvalue weighted by Crippen LogP contribution is -2.31. The summed E-state index contributed by atoms with van der Waals surface area (Å²) in [6.45, 7) is 0.329. The van der Waals surface area contributed by atoms with Gasteiger partial charge >= 0.3 is 0 Å². The molecule has 0 heterocycles. The van der Waals surface area contributed by atoms with Crippen LogP contribution in [-0.2, 0) is 4.79 Å². The molecule has 0 unspecified atom stereocenters. The molecule has 0 bridgehead atoms. The molecule has 0 aromatic heterocycles. The van der Waals surface area contributed by atoms with E-state index in [0.717, 1.165) is 12.9 Å². The van der Waals surface area contributed by atoms with Gasteiger partial charge in [-0.3, -0.25) is 10.2 Å². The highest BCUT2D eigenvalue weighted by molar-refractivity contribution is 14.1. The van der Waals surface area contributed by atoms with E-state index >= 15 is 0 Å². The molecular formula is C9H9I3N2O2. The van der Waals surface area contributed by atoms with Crippen molar-refractivity contribution in [1.82, 2.24) is 5.43 Å². The van der Waals surface area contributed by atoms with E-state index in [0.29, 0.717) is 6.61 Å². The first kappa shape index (κ1) is 14.7. The molecule has 0 radical (unpaired) electrons. The molecule has 0 aliphatic rings. The zero-order valence-electron chi connectivity index (χ0n) is 8.10. The van der Waals surface area contributed by atoms with Gasteiger partial charge in [0, 0.05) is 3.57 Å². The molecule has 0 atom stereocenters. The Kier molecular flexibility index (Phi) is 6.58. The van der Waals surface area contributed by atoms with Gasteiger partial charge in [0.25, 0.3) is 0 Å². The minimum atomic E-state index is -0.226. The van der Waals surface area contributed by atoms with Crippen LogP contribution in [0.2, 0.25) is 0 Å². The number of amides is 1. The van der Waals surface area contributed by atoms with Crippen LogP contribution in [0.5, 0.6) is 5.75 Å². The zero-order valence-corrected chi connectivity index (χ0v) is 14.6. The number of ether oxygens (including phenoxy) is 1. The third kappa shape index (κ3) is 4.49. The number of nitrogens with one attached hydrogen (secondary N) is 1. The lowest BCUT2D eigenvalue weighted by atomic mass is 10.3. The standard InChI is InChI=1S/C9H9I3N2O2/c10-5-3-6(11)9(7(12)4-5)16-2-1-8(15)14-13/h3-4H,1-2,13H2,(H,14,15). The van der Waals surface area contributed by atoms with E-state index in [1.165, 1.54) is 3.57 Å². The summed E-state index contributed by atoms with van der Waals surface area (Å²) in [5.74, 6) is 5.57. The summed E-state index contributed by atoms with van der Waals surface area (Å²) in [5.41, 5.74) is 2.07. The molecular weight excluding hydrogens is 549 g/mol. The van der Waals surface area contributed by atoms with E-state index in [1.54, 1.807) is 0 Å². The molecule has 0 spiro atoms. The molecule has 1 amide bonds. The van der Waals surface area contributed by atoms with Gasteiger partial charge in [-0.25, -0.2) is 5.84 Å². The molecule has 0 aliphatic heterocycles. The summed E-state index contributed by atoms with van der Waals surface area (Å²) in [6.07, 6.45) is 0.259. The Balaban J connectivity index is 2.64. The van der Waals surface area contributed by atoms with Gasteiger partial charge in [-0.05, 0) is 79.9 Å². The van der Waals surface area contributed by atoms with Crippen LogP contribution >= 0.6 is 67.8 Å². The van der Waals surface area contributed by atoms with E-state index in [9.17, 15) is 4.79 Å². The van der Waals surface area contributed by atoms with Crippen LogP contribution in [0.25, 0.3) is 0 Å². The largest absolute Gasteiger partial charge is 0.491 e. The average molecular weight is 558 g/mol. The van der Waals surface area contributed by atoms with Gasteiger partial charge in [0.15, 0.2) is 0 Å². The van der Waals surface area contributed by atoms with Crippen LogP contribution < -0.4 is 16.0 Å². The van der Waals surface area contributed by atoms with Crippen LogP contribution in [-0.4, -0.2) is 12.5 Å². The molecule has 1 aromatic rings. The maximum atomic E-state index is 10.9. The molecule has 0 fully saturated rings. The van der Waals surface area contributed by atoms with E-state index in [1.807, 2.05) is 12.1 Å². The average Bonchev–Trinajstić information content (AvgIpc) is 2.21. The fourth-order valence-electron chi connectivity index (χ4n) is 0.985. The number of rotatable bonds is 4. The molecule has 1 aromatic carbocycles. The van der Waals surface area contributed by atoms with E-state index in [4.69, 9.17) is 10.6 Å². The maximum absolute atomic E-state index is 10.9. The first-order valence-corrected chi connectivity index (χ1v) is 7.55. The summed E-state index contributed by atoms with van der Waals surface area (Å²) >= 11 is 6.69. The Morgan fingerprint density at radius 1 is 1.31 bits per heavy atom. The number of halogens is 3. The van der Waals surface area contributed by atoms with Crippen LogP contribution in [0.15, 0.2) is 12.1 Å². The highest BCUT2D eigenvalue weighted by Gasteiger charge is 2.08. The Morgan fingerprint density at radius 2 is 1.88 bits per heavy atom. The molecule has 16 heavy (non-hydrogen) atoms. The summed E-state index contributed by atoms with van der Waals surface area (Å²) < 4.78 is 8.81. The molecule has 0 saturated heterocycles. The van der Waals surface area contributed by atoms with Crippen molar-refractivity contribution < 1.29 is 9.53 Å². The van der Waals surface area contributed by atoms with Gasteiger partial charge in [0.2, 0.25) is 5.91 Å². The lowest BCUT2D eigenvalue weighted by Gasteiger charge is -2.10. The van der Waals surface area contributed by atoms with Crippen molar-refractivity contribution in [1.29, 1.82) is 0 Å². The second kappa shape index (κ2) is 7.16. The van der Waals surface area contributed by atoms with Crippen molar-refractivity contribution in [2.24, 2.45) is 5.84 Å². The molecule has 1 rings (SSSR count). The fourth-order valence-corrected chi connectivity index (χ4v) is 4.88. The number of benzene rings is 1. The van der Waals surface area contributed by atoms with Crippen molar-refractivity contribution in [2.75, 3.05) is 6.61 Å². The van der Waals surface area contributed by atoms with Crippen LogP contribution in [0.3, 0.4) is 0 Å². The number of hydrazine groups is 1. The molecule has 4 nitrogen and oxygen atoms in total. The Labute approximate surface area is 134 Å². The highest BCUT2D eigenvalue weighted by Crippen LogP contribution is 2.29. The SMILES string of the molecule is NNC(=O)CCOc1c(I)cc(I)cc1I. The number of hydrogen-bond donors (Lipinski definition) is 2. The van der Waals surface area contributed by atoms with E-state index in [2.05, 4.69) is 73.2 Å². The molecule has 0 saturated carbocycles. The van der Waals surface area contributed by atoms with Crippen LogP contribution in [0.1, 0.15) is 6.42 Å². The number of hydrogen-bond acceptors (Lipinski definition) is 3. The third-order valence-electron chi connectivity index (χ3n) is 1.70. The van der Waals surface area contributed by atoms with Crippen LogP contribution in [0, 0.1) is 10.7 Å². The van der Waals surface area contributed by atoms with Gasteiger partial charge in [0.05, 0.1) is 20.2 Å². The first-order chi connectivity index (χ1) is 7.54. The summed E-state index contributed by atoms with van der Waals surface area (Å²) in [7, 11) is 0. The van der Waals surface area contributed by atoms with Gasteiger partial charge in [0.1, 0.15) is 5.75 Å². The van der Waals surface area contributed by atoms with E-state index in [-0.39, 0.29) is 12.3 Å². The van der Waals surface area contributed by atoms with Crippen molar-refractivity contribution in [3.05, 3.63) is 22.8 Å². The second-order valence-electron chi connectivity index (χ2n) is 2.86. The highest BCUT2D eigenvalue weighted by atomic mass is 127. The first-order valence-electron chi connectivity index (χ1n) is 4.31. The van der Waals surface area contributed by atoms with Crippen molar-refractivity contribution >= 4 is 73.7 Å². The van der Waals surface area contributed by atoms with Gasteiger partial charge in [-0.15, -0.1) is 0 Å². The normalized spacial score (nSPS) is 10.0. The van der Waals surface area contributed by atoms with Gasteiger partial charge in [-0.1, -0.05) is 0 Å². The topological polar surface area (TPSA) is 64.3 Å². The Hall–Kier alpha value is 0.640. The number of carbonyl (C=O) groups is 1. The molecule has 7 heteroatoms. The van der Waals surface area contributed by atoms with Crippen molar-refractivity contribution in [3.63, 3.8) is 0 Å². The minimum Gasteiger partial charge on any atom is -0.491 e. The number of nitrogens with two attached hydrogens (primary N) is 1. The third-order valence-corrected chi connectivity index (χ3v) is 3.92. The lowest BCUT2D eigenvalue weighted by molar-refractivity contribution is -0.121. The monoisotopic (exact) mass is 558 g/mol. The molecule has 0 aliphatic carbocycles. The Morgan fingerprint density at radius 3 is 2.38 bits per heavy atom. The number of carbonyl (C=O) groups excluding carboxylic acids is 1. The van der Waals surface area contributed by atoms with E-state index < -0.39 is 0 Å². The zero-order chi connectivity index (χ0) is 12.1. The summed E-state index contributed by atoms with van der Waals surface area (Å²) in [6, 6.07) is 4.06. The van der Waals surface area contributed by atoms with Crippen molar-refractivity contribution in [2.45, 2.75) is 6.42 Å². The molecule has 3 N–H and O–H groups in total. The molecule has 88 valence electrons. The fraction of sp³-hybridized carbons (Fsp3) is 0.222. The predicted octanol–water partition coefficient (Wildman–Crippen LogP) is 2.26. The summed E-state index contributed by atoms with van der Waals surface area (Å²) in [4.78, 5) is 10.9. The predicted molar refractivity (Wildman–Crippen MR) is 87.0 cm³/mol. The van der Waals surface area contributed by atoms with Crippen molar-refractivity contribution in [3.8, 4) is 5.75 Å². The van der Waals surface area contributed by atoms with Crippen LogP contribution in [0.4, 0.5) is 0 Å². The van der Waals surface area contributed by atoms with Gasteiger partial charge < -0.3 is 4.74 Å². The summed E-state index contributed by atoms with van der Waals surface area (Å²) in [5, 5.41) is 0. The van der Waals surface area contributed by atoms with Gasteiger partial charge in [-0.2, -0.15) is 0 Å². The maximum Gasteiger partial charge on any atom is 0.237 e. The minimum absolute atomic E-state index is 0.226. The Bertz CT molecular complexity index is 375. The second-order valence-corrected chi connectivity index (χ2v) is 6.43. The smallest absolute Gasteiger partial charge is 0.237 e.